The van der Waals surface area contributed by atoms with E-state index in [1.807, 2.05) is 37.1 Å². The van der Waals surface area contributed by atoms with Gasteiger partial charge in [-0.15, -0.1) is 0 Å². The lowest BCUT2D eigenvalue weighted by atomic mass is 10.0. The minimum atomic E-state index is -0.840. The van der Waals surface area contributed by atoms with Gasteiger partial charge >= 0.3 is 0 Å². The normalized spacial score (nSPS) is 19.6. The van der Waals surface area contributed by atoms with Gasteiger partial charge in [-0.05, 0) is 43.0 Å². The van der Waals surface area contributed by atoms with E-state index in [-0.39, 0.29) is 5.69 Å². The summed E-state index contributed by atoms with van der Waals surface area (Å²) in [6.45, 7) is 1.93. The SMILES string of the molecule is COc1cc([N+](=O)[O-])cc2c1OC1(Sc3cc(C#N)ccc3N1C)C(C)=C2. The second-order valence-corrected chi connectivity index (χ2v) is 7.49. The molecule has 7 nitrogen and oxygen atoms in total. The number of non-ortho nitro benzene ring substituents is 1. The summed E-state index contributed by atoms with van der Waals surface area (Å²) in [7, 11) is 3.38. The van der Waals surface area contributed by atoms with E-state index in [2.05, 4.69) is 6.07 Å². The Balaban J connectivity index is 1.84. The molecule has 0 aromatic heterocycles. The standard InChI is InChI=1S/C19H15N3O4S/c1-11-6-13-8-14(22(23)24)9-16(25-3)18(13)26-19(11)21(2)15-5-4-12(10-20)7-17(15)27-19/h4-9H,1-3H3. The van der Waals surface area contributed by atoms with E-state index >= 15 is 0 Å². The fourth-order valence-corrected chi connectivity index (χ4v) is 4.75. The van der Waals surface area contributed by atoms with Crippen molar-refractivity contribution < 1.29 is 14.4 Å². The van der Waals surface area contributed by atoms with Crippen LogP contribution in [-0.4, -0.2) is 24.1 Å². The van der Waals surface area contributed by atoms with Crippen LogP contribution in [0.3, 0.4) is 0 Å². The number of hydrogen-bond donors (Lipinski definition) is 0. The molecule has 0 saturated carbocycles. The maximum atomic E-state index is 11.2. The molecular weight excluding hydrogens is 366 g/mol. The van der Waals surface area contributed by atoms with E-state index in [0.29, 0.717) is 22.6 Å². The van der Waals surface area contributed by atoms with Crippen LogP contribution in [0.25, 0.3) is 6.08 Å². The number of anilines is 1. The van der Waals surface area contributed by atoms with E-state index in [9.17, 15) is 15.4 Å². The summed E-state index contributed by atoms with van der Waals surface area (Å²) in [6.07, 6.45) is 1.88. The number of fused-ring (bicyclic) bond motifs is 2. The van der Waals surface area contributed by atoms with Crippen molar-refractivity contribution in [1.82, 2.24) is 0 Å². The first kappa shape index (κ1) is 17.2. The second-order valence-electron chi connectivity index (χ2n) is 6.29. The monoisotopic (exact) mass is 381 g/mol. The summed E-state index contributed by atoms with van der Waals surface area (Å²) in [5.41, 5.74) is 2.98. The molecular formula is C19H15N3O4S. The third-order valence-electron chi connectivity index (χ3n) is 4.75. The van der Waals surface area contributed by atoms with Crippen molar-refractivity contribution in [3.8, 4) is 17.6 Å². The van der Waals surface area contributed by atoms with Crippen molar-refractivity contribution in [1.29, 1.82) is 5.26 Å². The Morgan fingerprint density at radius 3 is 2.81 bits per heavy atom. The fraction of sp³-hybridized carbons (Fsp3) is 0.211. The summed E-state index contributed by atoms with van der Waals surface area (Å²) in [5, 5.41) is 19.5. The van der Waals surface area contributed by atoms with Crippen LogP contribution in [0.1, 0.15) is 18.1 Å². The lowest BCUT2D eigenvalue weighted by molar-refractivity contribution is -0.385. The number of rotatable bonds is 2. The van der Waals surface area contributed by atoms with Gasteiger partial charge < -0.3 is 14.4 Å². The van der Waals surface area contributed by atoms with E-state index in [1.165, 1.54) is 31.0 Å². The van der Waals surface area contributed by atoms with Gasteiger partial charge in [0.15, 0.2) is 11.5 Å². The predicted molar refractivity (Wildman–Crippen MR) is 102 cm³/mol. The lowest BCUT2D eigenvalue weighted by Gasteiger charge is -2.40. The van der Waals surface area contributed by atoms with Crippen LogP contribution < -0.4 is 14.4 Å². The number of methoxy groups -OCH3 is 1. The first-order valence-electron chi connectivity index (χ1n) is 8.11. The highest BCUT2D eigenvalue weighted by atomic mass is 32.2. The molecule has 4 rings (SSSR count). The summed E-state index contributed by atoms with van der Waals surface area (Å²) in [5.74, 6) is 0.770. The number of thioether (sulfide) groups is 1. The number of ether oxygens (including phenoxy) is 2. The molecule has 2 heterocycles. The number of nitrogens with zero attached hydrogens (tertiary/aromatic N) is 3. The van der Waals surface area contributed by atoms with Crippen molar-refractivity contribution >= 4 is 29.2 Å². The minimum absolute atomic E-state index is 0.0522. The molecule has 1 spiro atoms. The molecule has 2 aliphatic rings. The zero-order valence-electron chi connectivity index (χ0n) is 14.8. The molecule has 0 saturated heterocycles. The summed E-state index contributed by atoms with van der Waals surface area (Å²) >= 11 is 1.49. The Morgan fingerprint density at radius 2 is 2.15 bits per heavy atom. The smallest absolute Gasteiger partial charge is 0.274 e. The van der Waals surface area contributed by atoms with Crippen LogP contribution in [0.15, 0.2) is 40.8 Å². The second kappa shape index (κ2) is 5.93. The Bertz CT molecular complexity index is 1060. The van der Waals surface area contributed by atoms with Crippen LogP contribution in [0.5, 0.6) is 11.5 Å². The van der Waals surface area contributed by atoms with Gasteiger partial charge in [-0.3, -0.25) is 10.1 Å². The Labute approximate surface area is 159 Å². The Hall–Kier alpha value is -3.18. The van der Waals surface area contributed by atoms with Crippen LogP contribution in [-0.2, 0) is 0 Å². The van der Waals surface area contributed by atoms with Gasteiger partial charge in [0, 0.05) is 29.1 Å². The first-order valence-corrected chi connectivity index (χ1v) is 8.92. The molecule has 136 valence electrons. The van der Waals surface area contributed by atoms with Gasteiger partial charge in [0.1, 0.15) is 0 Å². The van der Waals surface area contributed by atoms with Crippen molar-refractivity contribution in [2.75, 3.05) is 19.1 Å². The van der Waals surface area contributed by atoms with Crippen LogP contribution in [0.2, 0.25) is 0 Å². The average molecular weight is 381 g/mol. The first-order chi connectivity index (χ1) is 12.9. The molecule has 27 heavy (non-hydrogen) atoms. The quantitative estimate of drug-likeness (QED) is 0.570. The summed E-state index contributed by atoms with van der Waals surface area (Å²) in [6, 6.07) is 10.5. The zero-order valence-corrected chi connectivity index (χ0v) is 15.7. The van der Waals surface area contributed by atoms with E-state index in [4.69, 9.17) is 9.47 Å². The molecule has 0 amide bonds. The largest absolute Gasteiger partial charge is 0.493 e. The average Bonchev–Trinajstić information content (AvgIpc) is 2.93. The van der Waals surface area contributed by atoms with Gasteiger partial charge in [0.2, 0.25) is 0 Å². The maximum absolute atomic E-state index is 11.2. The van der Waals surface area contributed by atoms with Crippen molar-refractivity contribution in [2.24, 2.45) is 0 Å². The topological polar surface area (TPSA) is 88.6 Å². The number of nitro groups is 1. The Morgan fingerprint density at radius 1 is 1.37 bits per heavy atom. The number of hydrogen-bond acceptors (Lipinski definition) is 7. The number of nitro benzene ring substituents is 1. The number of likely N-dealkylation sites (N-methyl/N-ethyl adjacent to an activating group) is 1. The molecule has 0 fully saturated rings. The van der Waals surface area contributed by atoms with Gasteiger partial charge in [0.05, 0.1) is 35.4 Å². The van der Waals surface area contributed by atoms with Gasteiger partial charge in [-0.1, -0.05) is 0 Å². The third kappa shape index (κ3) is 2.43. The predicted octanol–water partition coefficient (Wildman–Crippen LogP) is 4.17. The maximum Gasteiger partial charge on any atom is 0.274 e. The lowest BCUT2D eigenvalue weighted by Crippen LogP contribution is -2.48. The Kier molecular flexibility index (Phi) is 3.78. The third-order valence-corrected chi connectivity index (χ3v) is 6.25. The van der Waals surface area contributed by atoms with Gasteiger partial charge in [0.25, 0.3) is 10.7 Å². The van der Waals surface area contributed by atoms with Crippen LogP contribution >= 0.6 is 11.8 Å². The molecule has 2 aromatic carbocycles. The number of benzene rings is 2. The molecule has 0 N–H and O–H groups in total. The number of nitriles is 1. The van der Waals surface area contributed by atoms with Crippen molar-refractivity contribution in [3.63, 3.8) is 0 Å². The van der Waals surface area contributed by atoms with E-state index in [0.717, 1.165) is 16.2 Å². The highest BCUT2D eigenvalue weighted by Crippen LogP contribution is 2.57. The van der Waals surface area contributed by atoms with Crippen molar-refractivity contribution in [2.45, 2.75) is 16.9 Å². The molecule has 0 radical (unpaired) electrons. The van der Waals surface area contributed by atoms with Crippen LogP contribution in [0, 0.1) is 21.4 Å². The summed E-state index contributed by atoms with van der Waals surface area (Å²) in [4.78, 5) is 13.7. The minimum Gasteiger partial charge on any atom is -0.493 e. The molecule has 2 aromatic rings. The fourth-order valence-electron chi connectivity index (χ4n) is 3.38. The van der Waals surface area contributed by atoms with Crippen LogP contribution in [0.4, 0.5) is 11.4 Å². The molecule has 0 bridgehead atoms. The molecule has 1 unspecified atom stereocenters. The molecule has 0 aliphatic carbocycles. The summed E-state index contributed by atoms with van der Waals surface area (Å²) < 4.78 is 11.8. The highest BCUT2D eigenvalue weighted by molar-refractivity contribution is 8.01. The van der Waals surface area contributed by atoms with Gasteiger partial charge in [-0.25, -0.2) is 0 Å². The van der Waals surface area contributed by atoms with E-state index < -0.39 is 9.98 Å². The molecule has 8 heteroatoms. The zero-order chi connectivity index (χ0) is 19.3. The highest BCUT2D eigenvalue weighted by Gasteiger charge is 2.49. The molecule has 1 atom stereocenters. The van der Waals surface area contributed by atoms with E-state index in [1.54, 1.807) is 6.07 Å². The molecule has 2 aliphatic heterocycles. The van der Waals surface area contributed by atoms with Gasteiger partial charge in [-0.2, -0.15) is 5.26 Å². The van der Waals surface area contributed by atoms with Crippen molar-refractivity contribution in [3.05, 3.63) is 57.1 Å².